The third-order valence-corrected chi connectivity index (χ3v) is 5.89. The van der Waals surface area contributed by atoms with E-state index in [1.807, 2.05) is 72.9 Å². The molecule has 0 aliphatic carbocycles. The highest BCUT2D eigenvalue weighted by Crippen LogP contribution is 2.25. The molecule has 0 unspecified atom stereocenters. The molecule has 1 heterocycles. The van der Waals surface area contributed by atoms with Crippen molar-refractivity contribution in [1.82, 2.24) is 14.5 Å². The lowest BCUT2D eigenvalue weighted by Gasteiger charge is -2.30. The number of aromatic nitrogens is 2. The Morgan fingerprint density at radius 3 is 2.05 bits per heavy atom. The highest BCUT2D eigenvalue weighted by atomic mass is 16.5. The Bertz CT molecular complexity index is 1390. The van der Waals surface area contributed by atoms with E-state index < -0.39 is 23.9 Å². The first kappa shape index (κ1) is 26.3. The number of hydrogen-bond donors (Lipinski definition) is 1. The van der Waals surface area contributed by atoms with Crippen molar-refractivity contribution in [1.29, 1.82) is 0 Å². The van der Waals surface area contributed by atoms with Gasteiger partial charge in [-0.1, -0.05) is 78.9 Å². The minimum atomic E-state index is -1.15. The summed E-state index contributed by atoms with van der Waals surface area (Å²) >= 11 is 0. The van der Waals surface area contributed by atoms with Gasteiger partial charge in [-0.3, -0.25) is 24.3 Å². The van der Waals surface area contributed by atoms with Crippen molar-refractivity contribution in [3.8, 4) is 16.9 Å². The Kier molecular flexibility index (Phi) is 8.33. The fourth-order valence-electron chi connectivity index (χ4n) is 4.04. The standard InChI is InChI=1S/C30H30N4O4/c1-21(2)33(29(37)28(38-22(3)35)24-15-9-5-10-16-24)20-27(36)32-30-31-26(23-13-7-4-8-14-23)19-34(30)25-17-11-6-12-18-25/h4-19,21,28H,20H2,1-3H3,(H,31,32,36)/t28-/m1/s1. The SMILES string of the molecule is CC(=O)O[C@@H](C(=O)N(CC(=O)Nc1nc(-c2ccccc2)cn1-c1ccccc1)C(C)C)c1ccccc1. The molecule has 1 atom stereocenters. The van der Waals surface area contributed by atoms with Crippen molar-refractivity contribution >= 4 is 23.7 Å². The zero-order chi connectivity index (χ0) is 27.1. The maximum absolute atomic E-state index is 13.5. The first-order chi connectivity index (χ1) is 18.3. The molecule has 0 fully saturated rings. The van der Waals surface area contributed by atoms with E-state index >= 15 is 0 Å². The quantitative estimate of drug-likeness (QED) is 0.319. The molecule has 0 saturated carbocycles. The van der Waals surface area contributed by atoms with E-state index in [2.05, 4.69) is 10.3 Å². The summed E-state index contributed by atoms with van der Waals surface area (Å²) in [5.41, 5.74) is 2.96. The van der Waals surface area contributed by atoms with Crippen LogP contribution in [-0.4, -0.2) is 44.8 Å². The van der Waals surface area contributed by atoms with Gasteiger partial charge in [0.05, 0.1) is 5.69 Å². The second kappa shape index (κ2) is 12.0. The van der Waals surface area contributed by atoms with Crippen LogP contribution in [0.15, 0.2) is 97.2 Å². The molecule has 4 rings (SSSR count). The van der Waals surface area contributed by atoms with Gasteiger partial charge in [0.2, 0.25) is 18.0 Å². The molecule has 0 spiro atoms. The highest BCUT2D eigenvalue weighted by molar-refractivity contribution is 5.95. The summed E-state index contributed by atoms with van der Waals surface area (Å²) in [4.78, 5) is 44.7. The molecule has 194 valence electrons. The lowest BCUT2D eigenvalue weighted by Crippen LogP contribution is -2.45. The summed E-state index contributed by atoms with van der Waals surface area (Å²) in [6.07, 6.45) is 0.706. The number of para-hydroxylation sites is 1. The van der Waals surface area contributed by atoms with Gasteiger partial charge >= 0.3 is 5.97 Å². The van der Waals surface area contributed by atoms with Gasteiger partial charge < -0.3 is 9.64 Å². The number of carbonyl (C=O) groups excluding carboxylic acids is 3. The average molecular weight is 511 g/mol. The largest absolute Gasteiger partial charge is 0.447 e. The third-order valence-electron chi connectivity index (χ3n) is 5.89. The van der Waals surface area contributed by atoms with Crippen LogP contribution in [0.1, 0.15) is 32.4 Å². The lowest BCUT2D eigenvalue weighted by molar-refractivity contribution is -0.160. The first-order valence-corrected chi connectivity index (χ1v) is 12.4. The van der Waals surface area contributed by atoms with E-state index in [9.17, 15) is 14.4 Å². The number of benzene rings is 3. The van der Waals surface area contributed by atoms with Crippen molar-refractivity contribution in [3.05, 3.63) is 103 Å². The fourth-order valence-corrected chi connectivity index (χ4v) is 4.04. The average Bonchev–Trinajstić information content (AvgIpc) is 3.35. The molecule has 4 aromatic rings. The van der Waals surface area contributed by atoms with E-state index in [1.165, 1.54) is 11.8 Å². The van der Waals surface area contributed by atoms with Crippen LogP contribution in [0.3, 0.4) is 0 Å². The molecular formula is C30H30N4O4. The number of esters is 1. The Labute approximate surface area is 221 Å². The van der Waals surface area contributed by atoms with E-state index in [0.717, 1.165) is 11.3 Å². The number of ether oxygens (including phenoxy) is 1. The molecule has 0 bridgehead atoms. The van der Waals surface area contributed by atoms with Crippen molar-refractivity contribution in [2.45, 2.75) is 32.9 Å². The van der Waals surface area contributed by atoms with Crippen LogP contribution in [0.2, 0.25) is 0 Å². The van der Waals surface area contributed by atoms with Gasteiger partial charge in [0.1, 0.15) is 6.54 Å². The van der Waals surface area contributed by atoms with Gasteiger partial charge in [0.15, 0.2) is 0 Å². The van der Waals surface area contributed by atoms with Gasteiger partial charge in [-0.2, -0.15) is 0 Å². The minimum absolute atomic E-state index is 0.247. The predicted octanol–water partition coefficient (Wildman–Crippen LogP) is 5.02. The summed E-state index contributed by atoms with van der Waals surface area (Å²) in [7, 11) is 0. The normalized spacial score (nSPS) is 11.6. The Balaban J connectivity index is 1.60. The highest BCUT2D eigenvalue weighted by Gasteiger charge is 2.31. The number of nitrogens with zero attached hydrogens (tertiary/aromatic N) is 3. The van der Waals surface area contributed by atoms with Crippen molar-refractivity contribution in [2.24, 2.45) is 0 Å². The molecule has 0 aliphatic rings. The second-order valence-electron chi connectivity index (χ2n) is 9.03. The summed E-state index contributed by atoms with van der Waals surface area (Å²) in [6.45, 7) is 4.62. The van der Waals surface area contributed by atoms with Gasteiger partial charge in [-0.05, 0) is 26.0 Å². The lowest BCUT2D eigenvalue weighted by atomic mass is 10.1. The Morgan fingerprint density at radius 1 is 0.895 bits per heavy atom. The number of hydrogen-bond acceptors (Lipinski definition) is 5. The van der Waals surface area contributed by atoms with Crippen LogP contribution in [0, 0.1) is 0 Å². The third kappa shape index (κ3) is 6.34. The Morgan fingerprint density at radius 2 is 1.47 bits per heavy atom. The van der Waals surface area contributed by atoms with Crippen molar-refractivity contribution in [2.75, 3.05) is 11.9 Å². The molecule has 0 saturated heterocycles. The van der Waals surface area contributed by atoms with Crippen LogP contribution >= 0.6 is 0 Å². The fraction of sp³-hybridized carbons (Fsp3) is 0.200. The zero-order valence-electron chi connectivity index (χ0n) is 21.6. The maximum atomic E-state index is 13.5. The van der Waals surface area contributed by atoms with Gasteiger partial charge in [0.25, 0.3) is 5.91 Å². The number of imidazole rings is 1. The molecule has 0 radical (unpaired) electrons. The van der Waals surface area contributed by atoms with Gasteiger partial charge in [-0.25, -0.2) is 4.98 Å². The molecule has 3 aromatic carbocycles. The number of amides is 2. The van der Waals surface area contributed by atoms with Crippen LogP contribution in [-0.2, 0) is 19.1 Å². The number of carbonyl (C=O) groups is 3. The predicted molar refractivity (Wildman–Crippen MR) is 145 cm³/mol. The molecule has 2 amide bonds. The molecule has 8 nitrogen and oxygen atoms in total. The molecule has 8 heteroatoms. The van der Waals surface area contributed by atoms with E-state index in [4.69, 9.17) is 4.74 Å². The monoisotopic (exact) mass is 510 g/mol. The smallest absolute Gasteiger partial charge is 0.303 e. The first-order valence-electron chi connectivity index (χ1n) is 12.4. The second-order valence-corrected chi connectivity index (χ2v) is 9.03. The van der Waals surface area contributed by atoms with Gasteiger partial charge in [-0.15, -0.1) is 0 Å². The summed E-state index contributed by atoms with van der Waals surface area (Å²) in [5, 5.41) is 2.87. The maximum Gasteiger partial charge on any atom is 0.303 e. The Hall–Kier alpha value is -4.72. The van der Waals surface area contributed by atoms with E-state index in [1.54, 1.807) is 42.7 Å². The molecule has 1 aromatic heterocycles. The van der Waals surface area contributed by atoms with Gasteiger partial charge in [0, 0.05) is 36.0 Å². The van der Waals surface area contributed by atoms with Crippen LogP contribution in [0.25, 0.3) is 16.9 Å². The summed E-state index contributed by atoms with van der Waals surface area (Å²) in [6, 6.07) is 27.7. The number of anilines is 1. The zero-order valence-corrected chi connectivity index (χ0v) is 21.6. The molecule has 38 heavy (non-hydrogen) atoms. The summed E-state index contributed by atoms with van der Waals surface area (Å²) in [5.74, 6) is -1.16. The molecule has 0 aliphatic heterocycles. The van der Waals surface area contributed by atoms with E-state index in [-0.39, 0.29) is 12.6 Å². The number of rotatable bonds is 9. The van der Waals surface area contributed by atoms with Crippen LogP contribution < -0.4 is 5.32 Å². The minimum Gasteiger partial charge on any atom is -0.447 e. The molecular weight excluding hydrogens is 480 g/mol. The topological polar surface area (TPSA) is 93.5 Å². The van der Waals surface area contributed by atoms with Crippen LogP contribution in [0.5, 0.6) is 0 Å². The summed E-state index contributed by atoms with van der Waals surface area (Å²) < 4.78 is 7.18. The van der Waals surface area contributed by atoms with Crippen LogP contribution in [0.4, 0.5) is 5.95 Å². The number of nitrogens with one attached hydrogen (secondary N) is 1. The van der Waals surface area contributed by atoms with Crippen molar-refractivity contribution < 1.29 is 19.1 Å². The van der Waals surface area contributed by atoms with Crippen molar-refractivity contribution in [3.63, 3.8) is 0 Å². The molecule has 1 N–H and O–H groups in total. The van der Waals surface area contributed by atoms with E-state index in [0.29, 0.717) is 17.2 Å².